The summed E-state index contributed by atoms with van der Waals surface area (Å²) in [7, 11) is 0. The Labute approximate surface area is 110 Å². The van der Waals surface area contributed by atoms with Gasteiger partial charge in [-0.2, -0.15) is 0 Å². The largest absolute Gasteiger partial charge is 0.392 e. The number of aromatic nitrogens is 1. The van der Waals surface area contributed by atoms with Crippen molar-refractivity contribution in [1.82, 2.24) is 4.98 Å². The van der Waals surface area contributed by atoms with Gasteiger partial charge in [-0.1, -0.05) is 13.3 Å². The molecular weight excluding hydrogens is 224 g/mol. The summed E-state index contributed by atoms with van der Waals surface area (Å²) >= 11 is 0. The standard InChI is InChI=1S/C15H24N2O/c1-3-13-5-4-7-17(8-6-13)15-10-14(11-18)9-12(2)16-15/h9-10,13,18H,3-8,11H2,1-2H3. The van der Waals surface area contributed by atoms with Crippen LogP contribution < -0.4 is 4.90 Å². The highest BCUT2D eigenvalue weighted by molar-refractivity contribution is 5.42. The van der Waals surface area contributed by atoms with Crippen molar-refractivity contribution >= 4 is 5.82 Å². The van der Waals surface area contributed by atoms with Crippen molar-refractivity contribution in [3.8, 4) is 0 Å². The highest BCUT2D eigenvalue weighted by atomic mass is 16.3. The summed E-state index contributed by atoms with van der Waals surface area (Å²) in [6.45, 7) is 6.57. The molecule has 1 aliphatic heterocycles. The van der Waals surface area contributed by atoms with Gasteiger partial charge >= 0.3 is 0 Å². The van der Waals surface area contributed by atoms with Crippen LogP contribution in [0.2, 0.25) is 0 Å². The van der Waals surface area contributed by atoms with E-state index < -0.39 is 0 Å². The third kappa shape index (κ3) is 3.22. The number of nitrogens with zero attached hydrogens (tertiary/aromatic N) is 2. The van der Waals surface area contributed by atoms with E-state index in [1.165, 1.54) is 25.7 Å². The molecule has 0 bridgehead atoms. The van der Waals surface area contributed by atoms with Crippen LogP contribution in [-0.2, 0) is 6.61 Å². The number of anilines is 1. The highest BCUT2D eigenvalue weighted by Crippen LogP contribution is 2.24. The zero-order chi connectivity index (χ0) is 13.0. The van der Waals surface area contributed by atoms with Crippen molar-refractivity contribution in [3.63, 3.8) is 0 Å². The minimum atomic E-state index is 0.0990. The summed E-state index contributed by atoms with van der Waals surface area (Å²) in [5.41, 5.74) is 1.96. The van der Waals surface area contributed by atoms with Crippen LogP contribution >= 0.6 is 0 Å². The summed E-state index contributed by atoms with van der Waals surface area (Å²) in [5, 5.41) is 9.27. The van der Waals surface area contributed by atoms with Crippen LogP contribution in [-0.4, -0.2) is 23.2 Å². The first kappa shape index (κ1) is 13.3. The van der Waals surface area contributed by atoms with Crippen LogP contribution in [0.25, 0.3) is 0 Å². The summed E-state index contributed by atoms with van der Waals surface area (Å²) < 4.78 is 0. The van der Waals surface area contributed by atoms with E-state index in [1.54, 1.807) is 0 Å². The van der Waals surface area contributed by atoms with Gasteiger partial charge in [-0.05, 0) is 49.8 Å². The second-order valence-electron chi connectivity index (χ2n) is 5.33. The number of rotatable bonds is 3. The normalized spacial score (nSPS) is 20.8. The number of aryl methyl sites for hydroxylation is 1. The van der Waals surface area contributed by atoms with Crippen LogP contribution in [0.5, 0.6) is 0 Å². The lowest BCUT2D eigenvalue weighted by molar-refractivity contribution is 0.281. The molecule has 0 aliphatic carbocycles. The maximum atomic E-state index is 9.27. The number of hydrogen-bond donors (Lipinski definition) is 1. The fraction of sp³-hybridized carbons (Fsp3) is 0.667. The first-order valence-electron chi connectivity index (χ1n) is 7.06. The number of pyridine rings is 1. The molecule has 2 rings (SSSR count). The number of aliphatic hydroxyl groups is 1. The molecule has 1 aromatic rings. The number of aliphatic hydroxyl groups excluding tert-OH is 1. The van der Waals surface area contributed by atoms with Crippen LogP contribution in [0, 0.1) is 12.8 Å². The fourth-order valence-corrected chi connectivity index (χ4v) is 2.78. The van der Waals surface area contributed by atoms with Gasteiger partial charge in [0.25, 0.3) is 0 Å². The zero-order valence-corrected chi connectivity index (χ0v) is 11.5. The maximum Gasteiger partial charge on any atom is 0.129 e. The summed E-state index contributed by atoms with van der Waals surface area (Å²) in [6.07, 6.45) is 5.14. The van der Waals surface area contributed by atoms with Crippen molar-refractivity contribution in [2.75, 3.05) is 18.0 Å². The van der Waals surface area contributed by atoms with Crippen molar-refractivity contribution < 1.29 is 5.11 Å². The van der Waals surface area contributed by atoms with E-state index in [2.05, 4.69) is 16.8 Å². The summed E-state index contributed by atoms with van der Waals surface area (Å²) in [4.78, 5) is 6.99. The van der Waals surface area contributed by atoms with Gasteiger partial charge in [0.15, 0.2) is 0 Å². The predicted octanol–water partition coefficient (Wildman–Crippen LogP) is 2.90. The molecule has 1 atom stereocenters. The van der Waals surface area contributed by atoms with Gasteiger partial charge in [-0.25, -0.2) is 4.98 Å². The zero-order valence-electron chi connectivity index (χ0n) is 11.5. The van der Waals surface area contributed by atoms with Crippen LogP contribution in [0.4, 0.5) is 5.82 Å². The molecule has 0 saturated carbocycles. The van der Waals surface area contributed by atoms with Crippen molar-refractivity contribution in [3.05, 3.63) is 23.4 Å². The Kier molecular flexibility index (Phi) is 4.59. The molecule has 2 heterocycles. The van der Waals surface area contributed by atoms with Crippen molar-refractivity contribution in [1.29, 1.82) is 0 Å². The molecule has 0 aromatic carbocycles. The smallest absolute Gasteiger partial charge is 0.129 e. The van der Waals surface area contributed by atoms with Gasteiger partial charge < -0.3 is 10.0 Å². The average Bonchev–Trinajstić information content (AvgIpc) is 2.63. The molecule has 0 amide bonds. The Bertz CT molecular complexity index is 392. The molecule has 3 nitrogen and oxygen atoms in total. The van der Waals surface area contributed by atoms with E-state index in [9.17, 15) is 5.11 Å². The molecule has 100 valence electrons. The third-order valence-electron chi connectivity index (χ3n) is 3.93. The SMILES string of the molecule is CCC1CCCN(c2cc(CO)cc(C)n2)CC1. The van der Waals surface area contributed by atoms with Gasteiger partial charge in [0, 0.05) is 18.8 Å². The third-order valence-corrected chi connectivity index (χ3v) is 3.93. The molecule has 1 fully saturated rings. The highest BCUT2D eigenvalue weighted by Gasteiger charge is 2.17. The van der Waals surface area contributed by atoms with E-state index in [0.717, 1.165) is 36.1 Å². The lowest BCUT2D eigenvalue weighted by Crippen LogP contribution is -2.25. The minimum Gasteiger partial charge on any atom is -0.392 e. The van der Waals surface area contributed by atoms with E-state index in [-0.39, 0.29) is 6.61 Å². The van der Waals surface area contributed by atoms with Crippen molar-refractivity contribution in [2.24, 2.45) is 5.92 Å². The molecule has 1 unspecified atom stereocenters. The maximum absolute atomic E-state index is 9.27. The van der Waals surface area contributed by atoms with Crippen molar-refractivity contribution in [2.45, 2.75) is 46.1 Å². The van der Waals surface area contributed by atoms with Crippen LogP contribution in [0.1, 0.15) is 43.9 Å². The topological polar surface area (TPSA) is 36.4 Å². The molecule has 0 spiro atoms. The molecule has 18 heavy (non-hydrogen) atoms. The molecule has 1 saturated heterocycles. The average molecular weight is 248 g/mol. The minimum absolute atomic E-state index is 0.0990. The van der Waals surface area contributed by atoms with Crippen LogP contribution in [0.3, 0.4) is 0 Å². The molecule has 1 aromatic heterocycles. The molecular formula is C15H24N2O. The van der Waals surface area contributed by atoms with Gasteiger partial charge in [-0.15, -0.1) is 0 Å². The second-order valence-corrected chi connectivity index (χ2v) is 5.33. The summed E-state index contributed by atoms with van der Waals surface area (Å²) in [5.74, 6) is 1.91. The molecule has 0 radical (unpaired) electrons. The lowest BCUT2D eigenvalue weighted by Gasteiger charge is -2.22. The van der Waals surface area contributed by atoms with E-state index in [1.807, 2.05) is 19.1 Å². The van der Waals surface area contributed by atoms with Gasteiger partial charge in [0.05, 0.1) is 6.61 Å². The molecule has 1 N–H and O–H groups in total. The second kappa shape index (κ2) is 6.19. The van der Waals surface area contributed by atoms with Gasteiger partial charge in [-0.3, -0.25) is 0 Å². The van der Waals surface area contributed by atoms with E-state index >= 15 is 0 Å². The number of hydrogen-bond acceptors (Lipinski definition) is 3. The Hall–Kier alpha value is -1.09. The van der Waals surface area contributed by atoms with Gasteiger partial charge in [0.1, 0.15) is 5.82 Å². The Balaban J connectivity index is 2.13. The van der Waals surface area contributed by atoms with Gasteiger partial charge in [0.2, 0.25) is 0 Å². The predicted molar refractivity (Wildman–Crippen MR) is 74.7 cm³/mol. The first-order chi connectivity index (χ1) is 8.72. The van der Waals surface area contributed by atoms with E-state index in [0.29, 0.717) is 0 Å². The monoisotopic (exact) mass is 248 g/mol. The summed E-state index contributed by atoms with van der Waals surface area (Å²) in [6, 6.07) is 3.98. The Morgan fingerprint density at radius 3 is 2.89 bits per heavy atom. The Morgan fingerprint density at radius 1 is 1.33 bits per heavy atom. The van der Waals surface area contributed by atoms with Crippen LogP contribution in [0.15, 0.2) is 12.1 Å². The molecule has 1 aliphatic rings. The molecule has 3 heteroatoms. The first-order valence-corrected chi connectivity index (χ1v) is 7.06. The Morgan fingerprint density at radius 2 is 2.17 bits per heavy atom. The van der Waals surface area contributed by atoms with E-state index in [4.69, 9.17) is 0 Å². The fourth-order valence-electron chi connectivity index (χ4n) is 2.78. The lowest BCUT2D eigenvalue weighted by atomic mass is 9.98. The quantitative estimate of drug-likeness (QED) is 0.893.